The summed E-state index contributed by atoms with van der Waals surface area (Å²) in [7, 11) is 0. The summed E-state index contributed by atoms with van der Waals surface area (Å²) in [5.41, 5.74) is 1.44. The average Bonchev–Trinajstić information content (AvgIpc) is 2.30. The van der Waals surface area contributed by atoms with Crippen LogP contribution >= 0.6 is 15.9 Å². The van der Waals surface area contributed by atoms with Crippen LogP contribution in [0.1, 0.15) is 39.2 Å². The van der Waals surface area contributed by atoms with Gasteiger partial charge < -0.3 is 5.32 Å². The van der Waals surface area contributed by atoms with Gasteiger partial charge in [-0.15, -0.1) is 0 Å². The van der Waals surface area contributed by atoms with Crippen molar-refractivity contribution in [3.05, 3.63) is 34.3 Å². The van der Waals surface area contributed by atoms with E-state index < -0.39 is 0 Å². The molecule has 0 saturated heterocycles. The van der Waals surface area contributed by atoms with Crippen LogP contribution in [0.15, 0.2) is 28.7 Å². The monoisotopic (exact) mass is 297 g/mol. The Bertz CT molecular complexity index is 305. The highest BCUT2D eigenvalue weighted by atomic mass is 79.9. The highest BCUT2D eigenvalue weighted by Crippen LogP contribution is 2.14. The van der Waals surface area contributed by atoms with Crippen LogP contribution in [0.4, 0.5) is 0 Å². The van der Waals surface area contributed by atoms with Crippen molar-refractivity contribution in [1.29, 1.82) is 0 Å². The fourth-order valence-corrected chi connectivity index (χ4v) is 2.37. The molecule has 0 aromatic heterocycles. The molecule has 0 aliphatic heterocycles. The number of aryl methyl sites for hydroxylation is 1. The third-order valence-corrected chi connectivity index (χ3v) is 3.69. The normalized spacial score (nSPS) is 13.0. The summed E-state index contributed by atoms with van der Waals surface area (Å²) in [5, 5.41) is 3.57. The summed E-state index contributed by atoms with van der Waals surface area (Å²) in [5.74, 6) is 0.722. The molecule has 0 amide bonds. The van der Waals surface area contributed by atoms with Crippen molar-refractivity contribution in [1.82, 2.24) is 5.32 Å². The maximum atomic E-state index is 3.57. The van der Waals surface area contributed by atoms with E-state index in [9.17, 15) is 0 Å². The third kappa shape index (κ3) is 5.69. The minimum atomic E-state index is 0.662. The van der Waals surface area contributed by atoms with Crippen molar-refractivity contribution in [3.63, 3.8) is 0 Å². The van der Waals surface area contributed by atoms with Crippen molar-refractivity contribution < 1.29 is 0 Å². The summed E-state index contributed by atoms with van der Waals surface area (Å²) >= 11 is 3.47. The zero-order chi connectivity index (χ0) is 12.7. The number of halogens is 1. The molecule has 0 bridgehead atoms. The number of benzene rings is 1. The van der Waals surface area contributed by atoms with Crippen molar-refractivity contribution in [3.8, 4) is 0 Å². The van der Waals surface area contributed by atoms with E-state index >= 15 is 0 Å². The predicted octanol–water partition coefficient (Wildman–Crippen LogP) is 4.41. The van der Waals surface area contributed by atoms with Crippen LogP contribution in [0, 0.1) is 5.92 Å². The van der Waals surface area contributed by atoms with E-state index in [1.54, 1.807) is 0 Å². The molecule has 0 fully saturated rings. The molecule has 1 aromatic carbocycles. The van der Waals surface area contributed by atoms with Gasteiger partial charge in [-0.05, 0) is 49.4 Å². The highest BCUT2D eigenvalue weighted by molar-refractivity contribution is 9.10. The van der Waals surface area contributed by atoms with E-state index in [0.717, 1.165) is 16.9 Å². The largest absolute Gasteiger partial charge is 0.314 e. The van der Waals surface area contributed by atoms with Gasteiger partial charge in [-0.2, -0.15) is 0 Å². The van der Waals surface area contributed by atoms with Gasteiger partial charge in [-0.1, -0.05) is 48.8 Å². The zero-order valence-corrected chi connectivity index (χ0v) is 12.8. The van der Waals surface area contributed by atoms with Crippen LogP contribution in [0.5, 0.6) is 0 Å². The van der Waals surface area contributed by atoms with Gasteiger partial charge in [0.05, 0.1) is 0 Å². The minimum absolute atomic E-state index is 0.662. The highest BCUT2D eigenvalue weighted by Gasteiger charge is 2.10. The van der Waals surface area contributed by atoms with Crippen molar-refractivity contribution in [2.75, 3.05) is 6.54 Å². The van der Waals surface area contributed by atoms with E-state index in [4.69, 9.17) is 0 Å². The fourth-order valence-electron chi connectivity index (χ4n) is 2.11. The van der Waals surface area contributed by atoms with Gasteiger partial charge in [0.1, 0.15) is 0 Å². The molecule has 0 heterocycles. The smallest absolute Gasteiger partial charge is 0.0175 e. The Labute approximate surface area is 114 Å². The molecular formula is C15H24BrN. The molecule has 0 aliphatic carbocycles. The van der Waals surface area contributed by atoms with Crippen LogP contribution in [0.25, 0.3) is 0 Å². The summed E-state index contributed by atoms with van der Waals surface area (Å²) in [6.07, 6.45) is 3.71. The Balaban J connectivity index is 2.33. The Morgan fingerprint density at radius 1 is 1.18 bits per heavy atom. The molecule has 1 N–H and O–H groups in total. The topological polar surface area (TPSA) is 12.0 Å². The van der Waals surface area contributed by atoms with Gasteiger partial charge in [0.2, 0.25) is 0 Å². The van der Waals surface area contributed by atoms with Crippen LogP contribution in [0.2, 0.25) is 0 Å². The first-order valence-electron chi connectivity index (χ1n) is 6.61. The summed E-state index contributed by atoms with van der Waals surface area (Å²) in [4.78, 5) is 0. The second-order valence-electron chi connectivity index (χ2n) is 4.93. The van der Waals surface area contributed by atoms with Crippen LogP contribution in [-0.4, -0.2) is 12.6 Å². The van der Waals surface area contributed by atoms with Crippen molar-refractivity contribution >= 4 is 15.9 Å². The average molecular weight is 298 g/mol. The van der Waals surface area contributed by atoms with Crippen LogP contribution in [0.3, 0.4) is 0 Å². The molecule has 2 heteroatoms. The Kier molecular flexibility index (Phi) is 6.83. The van der Waals surface area contributed by atoms with Crippen molar-refractivity contribution in [2.45, 2.75) is 46.1 Å². The first-order valence-corrected chi connectivity index (χ1v) is 7.40. The van der Waals surface area contributed by atoms with E-state index in [2.05, 4.69) is 66.3 Å². The Morgan fingerprint density at radius 2 is 1.82 bits per heavy atom. The molecule has 1 nitrogen and oxygen atoms in total. The van der Waals surface area contributed by atoms with Gasteiger partial charge >= 0.3 is 0 Å². The van der Waals surface area contributed by atoms with E-state index in [1.807, 2.05) is 0 Å². The zero-order valence-electron chi connectivity index (χ0n) is 11.2. The maximum absolute atomic E-state index is 3.57. The van der Waals surface area contributed by atoms with Gasteiger partial charge in [0, 0.05) is 10.5 Å². The lowest BCUT2D eigenvalue weighted by atomic mass is 9.97. The standard InChI is InChI=1S/C15H24BrN/c1-4-17-15(12(2)3)7-5-6-13-8-10-14(16)11-9-13/h8-12,15,17H,4-7H2,1-3H3. The molecule has 0 radical (unpaired) electrons. The third-order valence-electron chi connectivity index (χ3n) is 3.16. The van der Waals surface area contributed by atoms with Gasteiger partial charge in [0.25, 0.3) is 0 Å². The number of hydrogen-bond acceptors (Lipinski definition) is 1. The summed E-state index contributed by atoms with van der Waals surface area (Å²) in [6, 6.07) is 9.33. The first-order chi connectivity index (χ1) is 8.13. The molecular weight excluding hydrogens is 274 g/mol. The summed E-state index contributed by atoms with van der Waals surface area (Å²) < 4.78 is 1.16. The van der Waals surface area contributed by atoms with E-state index in [1.165, 1.54) is 24.8 Å². The lowest BCUT2D eigenvalue weighted by molar-refractivity contribution is 0.377. The lowest BCUT2D eigenvalue weighted by Crippen LogP contribution is -2.33. The molecule has 17 heavy (non-hydrogen) atoms. The second kappa shape index (κ2) is 7.88. The predicted molar refractivity (Wildman–Crippen MR) is 79.4 cm³/mol. The molecule has 0 spiro atoms. The lowest BCUT2D eigenvalue weighted by Gasteiger charge is -2.21. The Morgan fingerprint density at radius 3 is 2.35 bits per heavy atom. The van der Waals surface area contributed by atoms with Gasteiger partial charge in [0.15, 0.2) is 0 Å². The SMILES string of the molecule is CCNC(CCCc1ccc(Br)cc1)C(C)C. The fraction of sp³-hybridized carbons (Fsp3) is 0.600. The number of rotatable bonds is 7. The molecule has 1 rings (SSSR count). The maximum Gasteiger partial charge on any atom is 0.0175 e. The number of nitrogens with one attached hydrogen (secondary N) is 1. The van der Waals surface area contributed by atoms with Crippen molar-refractivity contribution in [2.24, 2.45) is 5.92 Å². The molecule has 0 saturated carbocycles. The van der Waals surface area contributed by atoms with Crippen LogP contribution < -0.4 is 5.32 Å². The van der Waals surface area contributed by atoms with Gasteiger partial charge in [-0.25, -0.2) is 0 Å². The summed E-state index contributed by atoms with van der Waals surface area (Å²) in [6.45, 7) is 7.85. The molecule has 1 unspecified atom stereocenters. The quantitative estimate of drug-likeness (QED) is 0.786. The molecule has 1 aromatic rings. The first kappa shape index (κ1) is 14.7. The number of hydrogen-bond donors (Lipinski definition) is 1. The Hall–Kier alpha value is -0.340. The molecule has 1 atom stereocenters. The van der Waals surface area contributed by atoms with E-state index in [-0.39, 0.29) is 0 Å². The molecule has 0 aliphatic rings. The molecule has 96 valence electrons. The second-order valence-corrected chi connectivity index (χ2v) is 5.84. The van der Waals surface area contributed by atoms with Crippen LogP contribution in [-0.2, 0) is 6.42 Å². The van der Waals surface area contributed by atoms with E-state index in [0.29, 0.717) is 6.04 Å². The van der Waals surface area contributed by atoms with Gasteiger partial charge in [-0.3, -0.25) is 0 Å². The minimum Gasteiger partial charge on any atom is -0.314 e.